The number of esters is 1. The van der Waals surface area contributed by atoms with Gasteiger partial charge in [0, 0.05) is 29.5 Å². The van der Waals surface area contributed by atoms with Gasteiger partial charge in [0.2, 0.25) is 0 Å². The molecular formula is C23H19NO5. The fraction of sp³-hybridized carbons (Fsp3) is 0.174. The summed E-state index contributed by atoms with van der Waals surface area (Å²) in [4.78, 5) is 27.9. The molecule has 4 rings (SSSR count). The number of hydrogen-bond acceptors (Lipinski definition) is 6. The van der Waals surface area contributed by atoms with Crippen molar-refractivity contribution >= 4 is 16.9 Å². The molecule has 0 spiro atoms. The number of benzene rings is 2. The SMILES string of the molecule is Cc1ccc(-c2cnc(CCC(=O)Oc3ccc4c(C)cc(=O)oc4c3)o2)cc1. The van der Waals surface area contributed by atoms with Gasteiger partial charge < -0.3 is 13.6 Å². The highest BCUT2D eigenvalue weighted by atomic mass is 16.5. The first kappa shape index (κ1) is 18.7. The zero-order chi connectivity index (χ0) is 20.4. The monoisotopic (exact) mass is 389 g/mol. The number of carbonyl (C=O) groups excluding carboxylic acids is 1. The van der Waals surface area contributed by atoms with E-state index in [1.165, 1.54) is 11.6 Å². The van der Waals surface area contributed by atoms with Crippen LogP contribution in [0.15, 0.2) is 68.4 Å². The summed E-state index contributed by atoms with van der Waals surface area (Å²) >= 11 is 0. The molecule has 0 aliphatic carbocycles. The minimum atomic E-state index is -0.438. The molecule has 2 aromatic carbocycles. The van der Waals surface area contributed by atoms with Crippen molar-refractivity contribution < 1.29 is 18.4 Å². The van der Waals surface area contributed by atoms with Gasteiger partial charge >= 0.3 is 11.6 Å². The summed E-state index contributed by atoms with van der Waals surface area (Å²) < 4.78 is 16.3. The Labute approximate surface area is 166 Å². The fourth-order valence-electron chi connectivity index (χ4n) is 3.04. The second-order valence-electron chi connectivity index (χ2n) is 6.86. The first-order valence-corrected chi connectivity index (χ1v) is 9.25. The van der Waals surface area contributed by atoms with Gasteiger partial charge in [0.05, 0.1) is 12.6 Å². The molecule has 0 aliphatic rings. The minimum Gasteiger partial charge on any atom is -0.441 e. The van der Waals surface area contributed by atoms with Crippen molar-refractivity contribution in [3.63, 3.8) is 0 Å². The van der Waals surface area contributed by atoms with Gasteiger partial charge in [-0.1, -0.05) is 29.8 Å². The van der Waals surface area contributed by atoms with Crippen LogP contribution in [0.25, 0.3) is 22.3 Å². The van der Waals surface area contributed by atoms with Crippen LogP contribution in [0.1, 0.15) is 23.4 Å². The number of carbonyl (C=O) groups is 1. The molecule has 0 N–H and O–H groups in total. The molecule has 6 nitrogen and oxygen atoms in total. The number of aryl methyl sites for hydroxylation is 3. The van der Waals surface area contributed by atoms with Gasteiger partial charge in [-0.3, -0.25) is 4.79 Å². The molecular weight excluding hydrogens is 370 g/mol. The Morgan fingerprint density at radius 2 is 1.83 bits per heavy atom. The third-order valence-electron chi connectivity index (χ3n) is 4.59. The molecule has 0 aliphatic heterocycles. The standard InChI is InChI=1S/C23H19NO5/c1-14-3-5-16(6-4-14)20-13-24-21(28-20)9-10-22(25)27-17-7-8-18-15(2)11-23(26)29-19(18)12-17/h3-8,11-13H,9-10H2,1-2H3. The van der Waals surface area contributed by atoms with E-state index in [1.54, 1.807) is 24.4 Å². The van der Waals surface area contributed by atoms with Crippen molar-refractivity contribution in [2.75, 3.05) is 0 Å². The van der Waals surface area contributed by atoms with Gasteiger partial charge in [0.25, 0.3) is 0 Å². The van der Waals surface area contributed by atoms with Gasteiger partial charge in [0.15, 0.2) is 11.7 Å². The smallest absolute Gasteiger partial charge is 0.336 e. The normalized spacial score (nSPS) is 11.0. The average molecular weight is 389 g/mol. The molecule has 0 fully saturated rings. The molecule has 0 amide bonds. The Hall–Kier alpha value is -3.67. The predicted molar refractivity (Wildman–Crippen MR) is 108 cm³/mol. The van der Waals surface area contributed by atoms with Crippen molar-refractivity contribution in [1.29, 1.82) is 0 Å². The first-order chi connectivity index (χ1) is 14.0. The highest BCUT2D eigenvalue weighted by Crippen LogP contribution is 2.23. The highest BCUT2D eigenvalue weighted by Gasteiger charge is 2.12. The quantitative estimate of drug-likeness (QED) is 0.282. The van der Waals surface area contributed by atoms with Crippen LogP contribution in [0.2, 0.25) is 0 Å². The predicted octanol–water partition coefficient (Wildman–Crippen LogP) is 4.60. The summed E-state index contributed by atoms with van der Waals surface area (Å²) in [6.07, 6.45) is 2.09. The van der Waals surface area contributed by atoms with E-state index in [4.69, 9.17) is 13.6 Å². The zero-order valence-electron chi connectivity index (χ0n) is 16.1. The fourth-order valence-corrected chi connectivity index (χ4v) is 3.04. The summed E-state index contributed by atoms with van der Waals surface area (Å²) in [5.41, 5.74) is 2.86. The average Bonchev–Trinajstić information content (AvgIpc) is 3.15. The maximum atomic E-state index is 12.2. The van der Waals surface area contributed by atoms with Gasteiger partial charge in [-0.15, -0.1) is 0 Å². The lowest BCUT2D eigenvalue weighted by molar-refractivity contribution is -0.134. The summed E-state index contributed by atoms with van der Waals surface area (Å²) in [6.45, 7) is 3.85. The number of ether oxygens (including phenoxy) is 1. The summed E-state index contributed by atoms with van der Waals surface area (Å²) in [6, 6.07) is 14.3. The maximum absolute atomic E-state index is 12.2. The lowest BCUT2D eigenvalue weighted by Gasteiger charge is -2.05. The van der Waals surface area contributed by atoms with E-state index in [1.807, 2.05) is 38.1 Å². The van der Waals surface area contributed by atoms with Crippen molar-refractivity contribution in [2.45, 2.75) is 26.7 Å². The van der Waals surface area contributed by atoms with Crippen LogP contribution >= 0.6 is 0 Å². The number of fused-ring (bicyclic) bond motifs is 1. The van der Waals surface area contributed by atoms with Crippen molar-refractivity contribution in [2.24, 2.45) is 0 Å². The van der Waals surface area contributed by atoms with E-state index in [0.717, 1.165) is 16.5 Å². The highest BCUT2D eigenvalue weighted by molar-refractivity contribution is 5.82. The lowest BCUT2D eigenvalue weighted by Crippen LogP contribution is -2.09. The molecule has 0 atom stereocenters. The number of oxazole rings is 1. The van der Waals surface area contributed by atoms with Gasteiger partial charge in [-0.25, -0.2) is 9.78 Å². The van der Waals surface area contributed by atoms with Gasteiger partial charge in [0.1, 0.15) is 11.3 Å². The van der Waals surface area contributed by atoms with E-state index >= 15 is 0 Å². The minimum absolute atomic E-state index is 0.115. The van der Waals surface area contributed by atoms with Crippen molar-refractivity contribution in [3.8, 4) is 17.1 Å². The van der Waals surface area contributed by atoms with Crippen molar-refractivity contribution in [1.82, 2.24) is 4.98 Å². The van der Waals surface area contributed by atoms with E-state index in [-0.39, 0.29) is 6.42 Å². The number of rotatable bonds is 5. The molecule has 0 bridgehead atoms. The third-order valence-corrected chi connectivity index (χ3v) is 4.59. The van der Waals surface area contributed by atoms with E-state index < -0.39 is 11.6 Å². The molecule has 0 saturated carbocycles. The van der Waals surface area contributed by atoms with Crippen LogP contribution in [0.4, 0.5) is 0 Å². The van der Waals surface area contributed by atoms with Crippen LogP contribution in [-0.4, -0.2) is 11.0 Å². The maximum Gasteiger partial charge on any atom is 0.336 e. The second kappa shape index (κ2) is 7.75. The Kier molecular flexibility index (Phi) is 4.99. The van der Waals surface area contributed by atoms with Crippen LogP contribution in [0.5, 0.6) is 5.75 Å². The zero-order valence-corrected chi connectivity index (χ0v) is 16.1. The topological polar surface area (TPSA) is 82.5 Å². The molecule has 6 heteroatoms. The third kappa shape index (κ3) is 4.27. The van der Waals surface area contributed by atoms with Crippen LogP contribution in [-0.2, 0) is 11.2 Å². The summed E-state index contributed by atoms with van der Waals surface area (Å²) in [5.74, 6) is 1.03. The molecule has 29 heavy (non-hydrogen) atoms. The Morgan fingerprint density at radius 1 is 1.03 bits per heavy atom. The summed E-state index contributed by atoms with van der Waals surface area (Å²) in [5, 5.41) is 0.799. The van der Waals surface area contributed by atoms with Crippen molar-refractivity contribution in [3.05, 3.63) is 82.2 Å². The number of nitrogens with zero attached hydrogens (tertiary/aromatic N) is 1. The Morgan fingerprint density at radius 3 is 2.62 bits per heavy atom. The summed E-state index contributed by atoms with van der Waals surface area (Å²) in [7, 11) is 0. The van der Waals surface area contributed by atoms with Gasteiger partial charge in [-0.2, -0.15) is 0 Å². The molecule has 0 saturated heterocycles. The molecule has 2 heterocycles. The second-order valence-corrected chi connectivity index (χ2v) is 6.86. The number of aromatic nitrogens is 1. The van der Waals surface area contributed by atoms with E-state index in [0.29, 0.717) is 29.4 Å². The lowest BCUT2D eigenvalue weighted by atomic mass is 10.1. The molecule has 0 radical (unpaired) electrons. The van der Waals surface area contributed by atoms with Crippen LogP contribution < -0.4 is 10.4 Å². The van der Waals surface area contributed by atoms with Crippen LogP contribution in [0.3, 0.4) is 0 Å². The largest absolute Gasteiger partial charge is 0.441 e. The van der Waals surface area contributed by atoms with E-state index in [2.05, 4.69) is 4.98 Å². The Bertz CT molecular complexity index is 1230. The molecule has 4 aromatic rings. The molecule has 2 aromatic heterocycles. The Balaban J connectivity index is 1.40. The molecule has 146 valence electrons. The number of hydrogen-bond donors (Lipinski definition) is 0. The van der Waals surface area contributed by atoms with Gasteiger partial charge in [-0.05, 0) is 31.5 Å². The van der Waals surface area contributed by atoms with Crippen LogP contribution in [0, 0.1) is 13.8 Å². The molecule has 0 unspecified atom stereocenters. The first-order valence-electron chi connectivity index (χ1n) is 9.25. The van der Waals surface area contributed by atoms with E-state index in [9.17, 15) is 9.59 Å².